The van der Waals surface area contributed by atoms with Gasteiger partial charge in [-0.25, -0.2) is 4.79 Å². The quantitative estimate of drug-likeness (QED) is 0.789. The van der Waals surface area contributed by atoms with Gasteiger partial charge in [0.2, 0.25) is 5.13 Å². The van der Waals surface area contributed by atoms with Crippen LogP contribution in [0.15, 0.2) is 24.5 Å². The highest BCUT2D eigenvalue weighted by Gasteiger charge is 2.12. The number of nitrogens with zero attached hydrogens (tertiary/aromatic N) is 4. The van der Waals surface area contributed by atoms with Crippen LogP contribution in [0.4, 0.5) is 5.13 Å². The molecule has 0 aromatic carbocycles. The lowest BCUT2D eigenvalue weighted by Gasteiger charge is -2.03. The van der Waals surface area contributed by atoms with E-state index in [0.29, 0.717) is 5.56 Å². The summed E-state index contributed by atoms with van der Waals surface area (Å²) in [5, 5.41) is 18.3. The zero-order valence-corrected chi connectivity index (χ0v) is 10.2. The van der Waals surface area contributed by atoms with Gasteiger partial charge >= 0.3 is 5.97 Å². The summed E-state index contributed by atoms with van der Waals surface area (Å²) in [5.41, 5.74) is 0.669. The Morgan fingerprint density at radius 3 is 2.95 bits per heavy atom. The molecule has 0 bridgehead atoms. The van der Waals surface area contributed by atoms with Gasteiger partial charge in [-0.05, 0) is 17.4 Å². The fourth-order valence-electron chi connectivity index (χ4n) is 1.25. The van der Waals surface area contributed by atoms with Gasteiger partial charge in [0.1, 0.15) is 0 Å². The van der Waals surface area contributed by atoms with E-state index in [-0.39, 0.29) is 10.7 Å². The summed E-state index contributed by atoms with van der Waals surface area (Å²) in [6.07, 6.45) is 5.06. The summed E-state index contributed by atoms with van der Waals surface area (Å²) in [6, 6.07) is 1.48. The van der Waals surface area contributed by atoms with E-state index < -0.39 is 11.9 Å². The molecule has 0 saturated heterocycles. The highest BCUT2D eigenvalue weighted by atomic mass is 32.1. The average Bonchev–Trinajstić information content (AvgIpc) is 2.89. The van der Waals surface area contributed by atoms with Crippen LogP contribution in [-0.4, -0.2) is 36.8 Å². The average molecular weight is 277 g/mol. The van der Waals surface area contributed by atoms with Gasteiger partial charge in [-0.1, -0.05) is 9.59 Å². The normalized spacial score (nSPS) is 10.5. The molecular formula is C10H7N5O3S. The molecule has 19 heavy (non-hydrogen) atoms. The predicted octanol–water partition coefficient (Wildman–Crippen LogP) is 0.678. The number of pyridine rings is 1. The molecule has 0 radical (unpaired) electrons. The topological polar surface area (TPSA) is 118 Å². The summed E-state index contributed by atoms with van der Waals surface area (Å²) in [7, 11) is 0. The number of amides is 1. The van der Waals surface area contributed by atoms with Gasteiger partial charge in [0.15, 0.2) is 0 Å². The lowest BCUT2D eigenvalue weighted by molar-refractivity contribution is -0.131. The van der Waals surface area contributed by atoms with Crippen molar-refractivity contribution in [1.29, 1.82) is 0 Å². The maximum Gasteiger partial charge on any atom is 0.328 e. The number of carbonyl (C=O) groups is 2. The van der Waals surface area contributed by atoms with Gasteiger partial charge in [-0.3, -0.25) is 15.1 Å². The molecule has 0 aliphatic rings. The summed E-state index contributed by atoms with van der Waals surface area (Å²) in [4.78, 5) is 26.3. The number of carboxylic acids is 1. The maximum absolute atomic E-state index is 12.0. The Morgan fingerprint density at radius 1 is 1.42 bits per heavy atom. The second kappa shape index (κ2) is 5.78. The van der Waals surface area contributed by atoms with Crippen molar-refractivity contribution in [2.45, 2.75) is 0 Å². The number of nitrogens with one attached hydrogen (secondary N) is 1. The van der Waals surface area contributed by atoms with E-state index in [1.807, 2.05) is 0 Å². The van der Waals surface area contributed by atoms with Crippen molar-refractivity contribution in [3.05, 3.63) is 35.7 Å². The Kier molecular flexibility index (Phi) is 3.88. The van der Waals surface area contributed by atoms with Crippen LogP contribution >= 0.6 is 11.5 Å². The first kappa shape index (κ1) is 12.8. The van der Waals surface area contributed by atoms with Crippen LogP contribution in [0.5, 0.6) is 0 Å². The lowest BCUT2D eigenvalue weighted by atomic mass is 10.1. The van der Waals surface area contributed by atoms with Gasteiger partial charge in [-0.2, -0.15) is 0 Å². The number of anilines is 1. The van der Waals surface area contributed by atoms with E-state index in [1.54, 1.807) is 0 Å². The molecule has 8 nitrogen and oxygen atoms in total. The van der Waals surface area contributed by atoms with Crippen LogP contribution in [0.3, 0.4) is 0 Å². The Labute approximate surface area is 111 Å². The zero-order valence-electron chi connectivity index (χ0n) is 9.35. The minimum atomic E-state index is -1.11. The van der Waals surface area contributed by atoms with Crippen LogP contribution in [0.2, 0.25) is 0 Å². The molecule has 1 amide bonds. The Balaban J connectivity index is 2.24. The van der Waals surface area contributed by atoms with E-state index >= 15 is 0 Å². The Morgan fingerprint density at radius 2 is 2.26 bits per heavy atom. The smallest absolute Gasteiger partial charge is 0.328 e. The minimum Gasteiger partial charge on any atom is -0.478 e. The number of carbonyl (C=O) groups excluding carboxylic acids is 1. The number of rotatable bonds is 4. The molecule has 96 valence electrons. The molecule has 2 aromatic rings. The molecule has 2 aromatic heterocycles. The first-order valence-electron chi connectivity index (χ1n) is 4.98. The van der Waals surface area contributed by atoms with E-state index in [2.05, 4.69) is 25.1 Å². The first-order valence-corrected chi connectivity index (χ1v) is 5.75. The van der Waals surface area contributed by atoms with Crippen molar-refractivity contribution in [2.24, 2.45) is 0 Å². The van der Waals surface area contributed by atoms with Crippen molar-refractivity contribution >= 4 is 34.6 Å². The number of hydrogen-bond acceptors (Lipinski definition) is 7. The highest BCUT2D eigenvalue weighted by molar-refractivity contribution is 7.09. The number of aliphatic carboxylic acids is 1. The second-order valence-corrected chi connectivity index (χ2v) is 3.99. The van der Waals surface area contributed by atoms with Crippen LogP contribution < -0.4 is 5.32 Å². The molecule has 2 N–H and O–H groups in total. The maximum atomic E-state index is 12.0. The number of aromatic nitrogens is 4. The number of hydrogen-bond donors (Lipinski definition) is 2. The van der Waals surface area contributed by atoms with Gasteiger partial charge in [-0.15, -0.1) is 0 Å². The van der Waals surface area contributed by atoms with E-state index in [1.165, 1.54) is 24.5 Å². The molecule has 0 fully saturated rings. The molecule has 2 heterocycles. The van der Waals surface area contributed by atoms with Gasteiger partial charge in [0.05, 0.1) is 5.56 Å². The third kappa shape index (κ3) is 3.39. The van der Waals surface area contributed by atoms with Crippen LogP contribution in [0.25, 0.3) is 6.08 Å². The fourth-order valence-corrected chi connectivity index (χ4v) is 1.62. The van der Waals surface area contributed by atoms with Crippen LogP contribution in [0, 0.1) is 0 Å². The van der Waals surface area contributed by atoms with Gasteiger partial charge in [0.25, 0.3) is 5.91 Å². The highest BCUT2D eigenvalue weighted by Crippen LogP contribution is 2.13. The molecule has 0 aliphatic carbocycles. The van der Waals surface area contributed by atoms with E-state index in [9.17, 15) is 9.59 Å². The van der Waals surface area contributed by atoms with Gasteiger partial charge < -0.3 is 5.11 Å². The third-order valence-electron chi connectivity index (χ3n) is 2.02. The fraction of sp³-hybridized carbons (Fsp3) is 0. The summed E-state index contributed by atoms with van der Waals surface area (Å²) in [6.45, 7) is 0. The zero-order chi connectivity index (χ0) is 13.7. The van der Waals surface area contributed by atoms with Gasteiger partial charge in [0, 0.05) is 35.6 Å². The lowest BCUT2D eigenvalue weighted by Crippen LogP contribution is -2.13. The first-order chi connectivity index (χ1) is 9.16. The second-order valence-electron chi connectivity index (χ2n) is 3.26. The van der Waals surface area contributed by atoms with Crippen molar-refractivity contribution in [1.82, 2.24) is 19.8 Å². The van der Waals surface area contributed by atoms with E-state index in [4.69, 9.17) is 5.11 Å². The molecule has 9 heteroatoms. The largest absolute Gasteiger partial charge is 0.478 e. The van der Waals surface area contributed by atoms with Crippen molar-refractivity contribution in [2.75, 3.05) is 5.32 Å². The standard InChI is InChI=1S/C10H7N5O3S/c16-8(17)2-1-6-5-11-4-3-7(6)9(18)12-10-13-14-15-19-10/h1-5H,(H,16,17)(H,12,13,15,18)/b2-1+. The third-order valence-corrected chi connectivity index (χ3v) is 2.53. The van der Waals surface area contributed by atoms with Crippen LogP contribution in [0.1, 0.15) is 15.9 Å². The summed E-state index contributed by atoms with van der Waals surface area (Å²) < 4.78 is 3.51. The molecule has 0 aliphatic heterocycles. The summed E-state index contributed by atoms with van der Waals surface area (Å²) >= 11 is 0.938. The monoisotopic (exact) mass is 277 g/mol. The van der Waals surface area contributed by atoms with Crippen molar-refractivity contribution in [3.8, 4) is 0 Å². The van der Waals surface area contributed by atoms with E-state index in [0.717, 1.165) is 17.6 Å². The molecule has 0 atom stereocenters. The summed E-state index contributed by atoms with van der Waals surface area (Å²) in [5.74, 6) is -1.55. The molecule has 0 spiro atoms. The molecule has 0 unspecified atom stereocenters. The Bertz CT molecular complexity index is 626. The van der Waals surface area contributed by atoms with Crippen LogP contribution in [-0.2, 0) is 4.79 Å². The Hall–Kier alpha value is -2.68. The van der Waals surface area contributed by atoms with Crippen molar-refractivity contribution < 1.29 is 14.7 Å². The number of carboxylic acid groups (broad SMARTS) is 1. The minimum absolute atomic E-state index is 0.259. The van der Waals surface area contributed by atoms with Crippen molar-refractivity contribution in [3.63, 3.8) is 0 Å². The predicted molar refractivity (Wildman–Crippen MR) is 66.6 cm³/mol. The molecule has 2 rings (SSSR count). The molecular weight excluding hydrogens is 270 g/mol. The molecule has 0 saturated carbocycles. The SMILES string of the molecule is O=C(O)/C=C/c1cnccc1C(=O)Nc1nnns1.